The number of hydrogen-bond acceptors (Lipinski definition) is 6. The van der Waals surface area contributed by atoms with Crippen LogP contribution in [-0.2, 0) is 6.54 Å². The quantitative estimate of drug-likeness (QED) is 0.351. The van der Waals surface area contributed by atoms with Crippen molar-refractivity contribution in [3.63, 3.8) is 0 Å². The fourth-order valence-electron chi connectivity index (χ4n) is 5.42. The topological polar surface area (TPSA) is 45.2 Å². The lowest BCUT2D eigenvalue weighted by Gasteiger charge is -2.36. The second-order valence-corrected chi connectivity index (χ2v) is 10.9. The molecule has 0 saturated carbocycles. The van der Waals surface area contributed by atoms with Crippen molar-refractivity contribution in [1.29, 1.82) is 0 Å². The van der Waals surface area contributed by atoms with Gasteiger partial charge in [0, 0.05) is 57.4 Å². The zero-order valence-corrected chi connectivity index (χ0v) is 22.8. The predicted molar refractivity (Wildman–Crippen MR) is 150 cm³/mol. The summed E-state index contributed by atoms with van der Waals surface area (Å²) in [6.45, 7) is 5.89. The van der Waals surface area contributed by atoms with Crippen molar-refractivity contribution in [2.45, 2.75) is 38.3 Å². The Morgan fingerprint density at radius 2 is 1.82 bits per heavy atom. The minimum Gasteiger partial charge on any atom is -0.493 e. The van der Waals surface area contributed by atoms with Crippen LogP contribution in [0.4, 0.5) is 10.1 Å². The number of carbonyl (C=O) groups is 1. The Hall–Kier alpha value is -3.10. The molecule has 5 rings (SSSR count). The summed E-state index contributed by atoms with van der Waals surface area (Å²) in [5.74, 6) is 1.42. The molecule has 202 valence electrons. The second-order valence-electron chi connectivity index (χ2n) is 9.99. The highest BCUT2D eigenvalue weighted by Gasteiger charge is 2.28. The Labute approximate surface area is 228 Å². The van der Waals surface area contributed by atoms with Gasteiger partial charge in [0.05, 0.1) is 18.6 Å². The van der Waals surface area contributed by atoms with Crippen LogP contribution in [0.3, 0.4) is 0 Å². The zero-order valence-electron chi connectivity index (χ0n) is 22.0. The molecular weight excluding hydrogens is 501 g/mol. The van der Waals surface area contributed by atoms with Crippen molar-refractivity contribution >= 4 is 22.9 Å². The number of anilines is 1. The number of piperazine rings is 1. The number of thiophene rings is 1. The van der Waals surface area contributed by atoms with Crippen molar-refractivity contribution in [3.05, 3.63) is 76.2 Å². The number of likely N-dealkylation sites (tertiary alicyclic amines) is 1. The molecule has 2 aliphatic heterocycles. The lowest BCUT2D eigenvalue weighted by atomic mass is 9.99. The highest BCUT2D eigenvalue weighted by molar-refractivity contribution is 7.12. The van der Waals surface area contributed by atoms with Crippen LogP contribution >= 0.6 is 11.3 Å². The van der Waals surface area contributed by atoms with Crippen LogP contribution in [0.2, 0.25) is 0 Å². The summed E-state index contributed by atoms with van der Waals surface area (Å²) in [4.78, 5) is 20.6. The fourth-order valence-corrected chi connectivity index (χ4v) is 6.10. The summed E-state index contributed by atoms with van der Waals surface area (Å²) in [5.41, 5.74) is 2.25. The van der Waals surface area contributed by atoms with E-state index in [0.717, 1.165) is 87.0 Å². The number of rotatable bonds is 9. The third-order valence-electron chi connectivity index (χ3n) is 7.53. The average Bonchev–Trinajstić information content (AvgIpc) is 3.49. The summed E-state index contributed by atoms with van der Waals surface area (Å²) < 4.78 is 25.1. The van der Waals surface area contributed by atoms with E-state index in [1.165, 1.54) is 29.0 Å². The molecule has 2 aromatic carbocycles. The third kappa shape index (κ3) is 6.48. The summed E-state index contributed by atoms with van der Waals surface area (Å²) in [6.07, 6.45) is 4.02. The van der Waals surface area contributed by atoms with Gasteiger partial charge in [-0.25, -0.2) is 4.39 Å². The van der Waals surface area contributed by atoms with E-state index >= 15 is 0 Å². The minimum absolute atomic E-state index is 0.142. The largest absolute Gasteiger partial charge is 0.493 e. The molecule has 2 saturated heterocycles. The van der Waals surface area contributed by atoms with Crippen LogP contribution in [0.1, 0.15) is 40.9 Å². The summed E-state index contributed by atoms with van der Waals surface area (Å²) in [7, 11) is 1.67. The molecule has 6 nitrogen and oxygen atoms in total. The van der Waals surface area contributed by atoms with Gasteiger partial charge in [0.2, 0.25) is 0 Å². The van der Waals surface area contributed by atoms with Gasteiger partial charge >= 0.3 is 0 Å². The first-order chi connectivity index (χ1) is 18.6. The van der Waals surface area contributed by atoms with Crippen LogP contribution < -0.4 is 14.4 Å². The number of piperidine rings is 1. The summed E-state index contributed by atoms with van der Waals surface area (Å²) in [5, 5.41) is 1.96. The van der Waals surface area contributed by atoms with Gasteiger partial charge in [-0.2, -0.15) is 0 Å². The van der Waals surface area contributed by atoms with Crippen LogP contribution in [-0.4, -0.2) is 68.2 Å². The first-order valence-corrected chi connectivity index (χ1v) is 14.4. The van der Waals surface area contributed by atoms with Gasteiger partial charge in [-0.05, 0) is 72.7 Å². The highest BCUT2D eigenvalue weighted by Crippen LogP contribution is 2.30. The molecule has 3 heterocycles. The lowest BCUT2D eigenvalue weighted by Crippen LogP contribution is -2.45. The van der Waals surface area contributed by atoms with E-state index in [9.17, 15) is 9.18 Å². The molecule has 0 spiro atoms. The van der Waals surface area contributed by atoms with E-state index < -0.39 is 0 Å². The molecule has 0 bridgehead atoms. The SMILES string of the molecule is COc1ccc(CN2CCN(c3ccc(F)cc3)CC2)cc1OCCC1CCCCN1C(=O)c1cccs1. The van der Waals surface area contributed by atoms with Crippen molar-refractivity contribution in [2.24, 2.45) is 0 Å². The summed E-state index contributed by atoms with van der Waals surface area (Å²) >= 11 is 1.51. The van der Waals surface area contributed by atoms with Gasteiger partial charge in [-0.1, -0.05) is 12.1 Å². The first kappa shape index (κ1) is 26.5. The molecule has 0 radical (unpaired) electrons. The molecule has 3 aromatic rings. The normalized spacial score (nSPS) is 18.4. The molecule has 1 aromatic heterocycles. The van der Waals surface area contributed by atoms with Crippen LogP contribution in [0, 0.1) is 5.82 Å². The minimum atomic E-state index is -0.201. The second kappa shape index (κ2) is 12.6. The Balaban J connectivity index is 1.15. The average molecular weight is 538 g/mol. The molecule has 1 atom stereocenters. The predicted octanol–water partition coefficient (Wildman–Crippen LogP) is 5.68. The first-order valence-electron chi connectivity index (χ1n) is 13.5. The van der Waals surface area contributed by atoms with Crippen LogP contribution in [0.5, 0.6) is 11.5 Å². The molecular formula is C30H36FN3O3S. The molecule has 1 unspecified atom stereocenters. The number of nitrogens with zero attached hydrogens (tertiary/aromatic N) is 3. The van der Waals surface area contributed by atoms with Crippen molar-refractivity contribution in [2.75, 3.05) is 51.3 Å². The number of benzene rings is 2. The Morgan fingerprint density at radius 1 is 1.00 bits per heavy atom. The number of ether oxygens (including phenoxy) is 2. The van der Waals surface area contributed by atoms with E-state index in [2.05, 4.69) is 21.9 Å². The number of carbonyl (C=O) groups excluding carboxylic acids is 1. The van der Waals surface area contributed by atoms with E-state index in [-0.39, 0.29) is 17.8 Å². The number of hydrogen-bond donors (Lipinski definition) is 0. The van der Waals surface area contributed by atoms with Crippen molar-refractivity contribution < 1.29 is 18.7 Å². The zero-order chi connectivity index (χ0) is 26.3. The van der Waals surface area contributed by atoms with E-state index in [1.807, 2.05) is 40.6 Å². The number of halogens is 1. The molecule has 2 fully saturated rings. The van der Waals surface area contributed by atoms with Crippen molar-refractivity contribution in [1.82, 2.24) is 9.80 Å². The van der Waals surface area contributed by atoms with E-state index in [0.29, 0.717) is 6.61 Å². The van der Waals surface area contributed by atoms with Gasteiger partial charge in [0.1, 0.15) is 5.82 Å². The molecule has 2 aliphatic rings. The smallest absolute Gasteiger partial charge is 0.264 e. The Kier molecular flexibility index (Phi) is 8.81. The van der Waals surface area contributed by atoms with Crippen LogP contribution in [0.15, 0.2) is 60.0 Å². The third-order valence-corrected chi connectivity index (χ3v) is 8.38. The van der Waals surface area contributed by atoms with Gasteiger partial charge in [0.25, 0.3) is 5.91 Å². The van der Waals surface area contributed by atoms with Gasteiger partial charge in [-0.3, -0.25) is 9.69 Å². The van der Waals surface area contributed by atoms with Gasteiger partial charge in [0.15, 0.2) is 11.5 Å². The maximum atomic E-state index is 13.3. The maximum Gasteiger partial charge on any atom is 0.264 e. The highest BCUT2D eigenvalue weighted by atomic mass is 32.1. The number of methoxy groups -OCH3 is 1. The fraction of sp³-hybridized carbons (Fsp3) is 0.433. The van der Waals surface area contributed by atoms with Gasteiger partial charge in [-0.15, -0.1) is 11.3 Å². The maximum absolute atomic E-state index is 13.3. The van der Waals surface area contributed by atoms with Crippen LogP contribution in [0.25, 0.3) is 0 Å². The Morgan fingerprint density at radius 3 is 2.55 bits per heavy atom. The monoisotopic (exact) mass is 537 g/mol. The molecule has 38 heavy (non-hydrogen) atoms. The lowest BCUT2D eigenvalue weighted by molar-refractivity contribution is 0.0584. The molecule has 0 N–H and O–H groups in total. The van der Waals surface area contributed by atoms with Crippen molar-refractivity contribution in [3.8, 4) is 11.5 Å². The summed E-state index contributed by atoms with van der Waals surface area (Å²) in [6, 6.07) is 16.9. The standard InChI is InChI=1S/C30H36FN3O3S/c1-36-27-12-7-23(22-32-15-17-33(18-16-32)25-10-8-24(31)9-11-25)21-28(27)37-19-13-26-5-2-3-14-34(26)30(35)29-6-4-20-38-29/h4,6-12,20-21,26H,2-3,5,13-19,22H2,1H3. The number of amides is 1. The van der Waals surface area contributed by atoms with E-state index in [1.54, 1.807) is 7.11 Å². The van der Waals surface area contributed by atoms with Gasteiger partial charge < -0.3 is 19.3 Å². The van der Waals surface area contributed by atoms with E-state index in [4.69, 9.17) is 9.47 Å². The molecule has 1 amide bonds. The molecule has 8 heteroatoms. The Bertz CT molecular complexity index is 1180. The molecule has 0 aliphatic carbocycles.